The Labute approximate surface area is 790 Å². The summed E-state index contributed by atoms with van der Waals surface area (Å²) in [5, 5.41) is 248. The van der Waals surface area contributed by atoms with Crippen molar-refractivity contribution in [1.29, 1.82) is 0 Å². The molecule has 6 aliphatic rings. The number of aliphatic hydroxyl groups is 19. The molecule has 0 radical (unpaired) electrons. The van der Waals surface area contributed by atoms with E-state index in [0.29, 0.717) is 12.8 Å². The normalized spacial score (nSPS) is 33.7. The summed E-state index contributed by atoms with van der Waals surface area (Å²) in [6.07, 6.45) is -21.1. The molecule has 0 aromatic heterocycles. The van der Waals surface area contributed by atoms with Gasteiger partial charge in [0.1, 0.15) is 134 Å². The van der Waals surface area contributed by atoms with Gasteiger partial charge < -0.3 is 185 Å². The number of rotatable bonds is 67. The number of carboxylic acids is 2. The third-order valence-corrected chi connectivity index (χ3v) is 26.1. The molecule has 135 heavy (non-hydrogen) atoms. The molecule has 0 bridgehead atoms. The number of ether oxygens (including phenoxy) is 12. The molecule has 6 aliphatic heterocycles. The lowest BCUT2D eigenvalue weighted by atomic mass is 9.87. The second-order valence-corrected chi connectivity index (χ2v) is 37.1. The zero-order valence-corrected chi connectivity index (χ0v) is 79.2. The van der Waals surface area contributed by atoms with Crippen LogP contribution in [0.4, 0.5) is 0 Å². The van der Waals surface area contributed by atoms with Crippen molar-refractivity contribution in [2.75, 3.05) is 46.2 Å². The molecule has 6 rings (SSSR count). The number of aliphatic carboxylic acids is 2. The summed E-state index contributed by atoms with van der Waals surface area (Å²) in [6.45, 7) is -0.945. The van der Waals surface area contributed by atoms with E-state index < -0.39 is 302 Å². The Morgan fingerprint density at radius 3 is 1.24 bits per heavy atom. The number of amides is 4. The van der Waals surface area contributed by atoms with Gasteiger partial charge in [0.25, 0.3) is 11.6 Å². The van der Waals surface area contributed by atoms with Crippen molar-refractivity contribution in [3.63, 3.8) is 0 Å². The van der Waals surface area contributed by atoms with E-state index in [1.807, 2.05) is 0 Å². The van der Waals surface area contributed by atoms with Crippen LogP contribution in [0.3, 0.4) is 0 Å². The zero-order chi connectivity index (χ0) is 99.5. The molecule has 25 N–H and O–H groups in total. The number of hydrogen-bond acceptors (Lipinski definition) is 37. The van der Waals surface area contributed by atoms with E-state index in [9.17, 15) is 136 Å². The lowest BCUT2D eigenvalue weighted by Gasteiger charge is -2.53. The molecule has 6 saturated heterocycles. The van der Waals surface area contributed by atoms with Gasteiger partial charge >= 0.3 is 11.9 Å². The monoisotopic (exact) mass is 1950 g/mol. The van der Waals surface area contributed by atoms with Gasteiger partial charge in [-0.15, -0.1) is 0 Å². The van der Waals surface area contributed by atoms with Crippen molar-refractivity contribution in [2.45, 2.75) is 486 Å². The average molecular weight is 1950 g/mol. The number of carbonyl (C=O) groups is 6. The molecule has 12 unspecified atom stereocenters. The maximum absolute atomic E-state index is 14.4. The average Bonchev–Trinajstić information content (AvgIpc) is 0.742. The number of unbranched alkanes of at least 4 members (excludes halogenated alkanes) is 33. The molecule has 0 aromatic carbocycles. The second kappa shape index (κ2) is 62.7. The summed E-state index contributed by atoms with van der Waals surface area (Å²) < 4.78 is 72.4. The topological polar surface area (TPSA) is 686 Å². The summed E-state index contributed by atoms with van der Waals surface area (Å²) in [5.41, 5.74) is 0. The fraction of sp³-hybridized carbons (Fsp3) is 0.913. The Kier molecular flexibility index (Phi) is 55.3. The van der Waals surface area contributed by atoms with Crippen LogP contribution in [-0.2, 0) is 85.6 Å². The van der Waals surface area contributed by atoms with Gasteiger partial charge in [-0.3, -0.25) is 19.2 Å². The quantitative estimate of drug-likeness (QED) is 0.0263. The van der Waals surface area contributed by atoms with E-state index in [1.165, 1.54) is 154 Å². The van der Waals surface area contributed by atoms with Gasteiger partial charge in [0.15, 0.2) is 25.2 Å². The first-order chi connectivity index (χ1) is 64.6. The second-order valence-electron chi connectivity index (χ2n) is 37.1. The van der Waals surface area contributed by atoms with Crippen LogP contribution in [0.5, 0.6) is 0 Å². The molecule has 0 aromatic rings. The van der Waals surface area contributed by atoms with Crippen molar-refractivity contribution in [1.82, 2.24) is 21.3 Å². The number of carbonyl (C=O) groups excluding carboxylic acids is 4. The van der Waals surface area contributed by atoms with Crippen molar-refractivity contribution < 1.29 is 193 Å². The molecule has 0 aliphatic carbocycles. The third-order valence-electron chi connectivity index (χ3n) is 26.1. The number of allylic oxidation sites excluding steroid dienone is 1. The van der Waals surface area contributed by atoms with Gasteiger partial charge in [0.05, 0.1) is 82.7 Å². The highest BCUT2D eigenvalue weighted by atomic mass is 16.8. The van der Waals surface area contributed by atoms with E-state index in [-0.39, 0.29) is 6.42 Å². The summed E-state index contributed by atoms with van der Waals surface area (Å²) >= 11 is 0. The lowest BCUT2D eigenvalue weighted by molar-refractivity contribution is -0.404. The predicted octanol–water partition coefficient (Wildman–Crippen LogP) is -0.748. The molecule has 0 spiro atoms. The van der Waals surface area contributed by atoms with Crippen LogP contribution in [0.1, 0.15) is 279 Å². The third kappa shape index (κ3) is 36.9. The molecular weight excluding hydrogens is 1790 g/mol. The molecule has 6 fully saturated rings. The number of carboxylic acid groups (broad SMARTS) is 2. The van der Waals surface area contributed by atoms with Crippen molar-refractivity contribution in [3.05, 3.63) is 12.2 Å². The maximum atomic E-state index is 14.4. The summed E-state index contributed by atoms with van der Waals surface area (Å²) in [5.74, 6) is -15.0. The highest BCUT2D eigenvalue weighted by molar-refractivity contribution is 5.78. The van der Waals surface area contributed by atoms with Crippen LogP contribution in [0, 0.1) is 0 Å². The molecule has 43 heteroatoms. The van der Waals surface area contributed by atoms with Crippen LogP contribution in [-0.4, -0.2) is 396 Å². The molecule has 786 valence electrons. The van der Waals surface area contributed by atoms with Crippen LogP contribution >= 0.6 is 0 Å². The Morgan fingerprint density at radius 1 is 0.400 bits per heavy atom. The van der Waals surface area contributed by atoms with E-state index in [2.05, 4.69) is 35.1 Å². The van der Waals surface area contributed by atoms with Crippen molar-refractivity contribution in [3.8, 4) is 0 Å². The fourth-order valence-corrected chi connectivity index (χ4v) is 18.3. The first-order valence-electron chi connectivity index (χ1n) is 49.2. The molecule has 0 saturated carbocycles. The minimum atomic E-state index is -3.69. The van der Waals surface area contributed by atoms with E-state index in [1.54, 1.807) is 6.08 Å². The largest absolute Gasteiger partial charge is 0.477 e. The predicted molar refractivity (Wildman–Crippen MR) is 477 cm³/mol. The SMILES string of the molecule is CCCCCCCCCCCCC/C=C/[C@@H](O)[C@H](CO[C@@H]1OC(CO)[C@@H](O[C@@H]2OC(CO)[C@H](O[C@@H]3OC(CO)[C@H](O)[C@H](O[C@@H]4OC(CO)[C@H](O)[C@H](O)C4O)C3NC(C)=O)[C@H](O[C@]3(C(=O)O)CC(O)[C@@H](NC(C)=O)C([C@H](O)[C@@H](CO)O[C@]4(C(=O)O)CC(O)[C@@H](NC(C)=O)C([C@H](O)[C@H](O)CO)O4)O3)C2O)[C@H](O)C1O)NC(=O)CCCCCCCCCCCCCCCCCCCCCCCCC. The summed E-state index contributed by atoms with van der Waals surface area (Å²) in [4.78, 5) is 80.5. The van der Waals surface area contributed by atoms with E-state index >= 15 is 0 Å². The Balaban J connectivity index is 1.27. The van der Waals surface area contributed by atoms with Crippen molar-refractivity contribution >= 4 is 35.6 Å². The molecule has 34 atom stereocenters. The molecular formula is C92H164N4O39. The van der Waals surface area contributed by atoms with Crippen molar-refractivity contribution in [2.24, 2.45) is 0 Å². The van der Waals surface area contributed by atoms with E-state index in [4.69, 9.17) is 56.8 Å². The molecule has 4 amide bonds. The van der Waals surface area contributed by atoms with E-state index in [0.717, 1.165) is 85.0 Å². The first-order valence-corrected chi connectivity index (χ1v) is 49.2. The summed E-state index contributed by atoms with van der Waals surface area (Å²) in [6, 6.07) is -7.15. The standard InChI is InChI=1S/C92H164N4O39/c1-6-8-10-12-14-16-18-20-21-22-23-24-25-26-27-28-29-31-33-35-37-39-41-43-66(110)96-56(57(106)42-40-38-36-34-32-30-19-17-15-13-11-9-7-2)52-124-86-77(118)75(116)79(64(50-101)127-86)129-88-78(119)84(80(65(51-102)128-88)130-85-69(95-55(5)105)81(72(113)62(48-99)125-85)131-87-76(117)74(115)71(112)61(47-98)126-87)135-92(90(122)123)45-59(108)68(94-54(4)104)83(134-92)73(114)63(49-100)132-91(89(120)121)44-58(107)67(93-53(3)103)82(133-91)70(111)60(109)46-97/h40,42,56-65,67-88,97-102,106-109,111-119H,6-39,41,43-52H2,1-5H3,(H,93,103)(H,94,104)(H,95,105)(H,96,110)(H,120,121)(H,122,123)/b42-40+/t56-,57+,58?,59?,60+,61?,62?,63+,64?,65?,67+,68+,69?,70+,71-,72-,73+,74-,75+,76?,77?,78?,79+,80-,81+,82?,83?,84+,85-,86+,87-,88-,91+,92-/m0/s1. The Bertz CT molecular complexity index is 3350. The molecule has 6 heterocycles. The number of aliphatic hydroxyl groups excluding tert-OH is 19. The minimum absolute atomic E-state index is 0.0866. The number of nitrogens with one attached hydrogen (secondary N) is 4. The fourth-order valence-electron chi connectivity index (χ4n) is 18.3. The zero-order valence-electron chi connectivity index (χ0n) is 79.2. The van der Waals surface area contributed by atoms with Gasteiger partial charge in [0.2, 0.25) is 23.6 Å². The van der Waals surface area contributed by atoms with Gasteiger partial charge in [-0.05, 0) is 19.3 Å². The van der Waals surface area contributed by atoms with Gasteiger partial charge in [0, 0.05) is 40.0 Å². The van der Waals surface area contributed by atoms with Gasteiger partial charge in [-0.1, -0.05) is 231 Å². The minimum Gasteiger partial charge on any atom is -0.477 e. The van der Waals surface area contributed by atoms with Crippen LogP contribution < -0.4 is 21.3 Å². The highest BCUT2D eigenvalue weighted by Gasteiger charge is 2.64. The highest BCUT2D eigenvalue weighted by Crippen LogP contribution is 2.43. The van der Waals surface area contributed by atoms with Crippen LogP contribution in [0.25, 0.3) is 0 Å². The van der Waals surface area contributed by atoms with Crippen LogP contribution in [0.2, 0.25) is 0 Å². The summed E-state index contributed by atoms with van der Waals surface area (Å²) in [7, 11) is 0. The Morgan fingerprint density at radius 2 is 0.785 bits per heavy atom. The van der Waals surface area contributed by atoms with Gasteiger partial charge in [-0.2, -0.15) is 0 Å². The maximum Gasteiger partial charge on any atom is 0.364 e. The Hall–Kier alpha value is -4.68. The smallest absolute Gasteiger partial charge is 0.364 e. The van der Waals surface area contributed by atoms with Gasteiger partial charge in [-0.25, -0.2) is 9.59 Å². The number of hydrogen-bond donors (Lipinski definition) is 25. The lowest BCUT2D eigenvalue weighted by Crippen LogP contribution is -2.73. The van der Waals surface area contributed by atoms with Crippen LogP contribution in [0.15, 0.2) is 12.2 Å². The molecule has 43 nitrogen and oxygen atoms in total. The first kappa shape index (κ1) is 119.